The Morgan fingerprint density at radius 2 is 0.941 bits per heavy atom. The summed E-state index contributed by atoms with van der Waals surface area (Å²) in [4.78, 5) is 60.8. The van der Waals surface area contributed by atoms with Crippen molar-refractivity contribution < 1.29 is 28.7 Å². The van der Waals surface area contributed by atoms with Crippen LogP contribution in [0.2, 0.25) is 0 Å². The van der Waals surface area contributed by atoms with Gasteiger partial charge < -0.3 is 9.47 Å². The van der Waals surface area contributed by atoms with Crippen molar-refractivity contribution in [2.24, 2.45) is 47.3 Å². The lowest BCUT2D eigenvalue weighted by Crippen LogP contribution is -2.63. The van der Waals surface area contributed by atoms with Gasteiger partial charge >= 0.3 is 0 Å². The molecule has 4 aliphatic carbocycles. The molecule has 34 heavy (non-hydrogen) atoms. The summed E-state index contributed by atoms with van der Waals surface area (Å²) in [7, 11) is 0. The van der Waals surface area contributed by atoms with Gasteiger partial charge in [0.2, 0.25) is 23.6 Å². The number of amides is 4. The number of morpholine rings is 2. The predicted octanol–water partition coefficient (Wildman–Crippen LogP) is -1.17. The highest BCUT2D eigenvalue weighted by molar-refractivity contribution is 6.09. The maximum absolute atomic E-state index is 13.5. The molecule has 0 aromatic carbocycles. The molecule has 2 bridgehead atoms. The van der Waals surface area contributed by atoms with Gasteiger partial charge in [0.15, 0.2) is 0 Å². The van der Waals surface area contributed by atoms with Gasteiger partial charge in [0.25, 0.3) is 0 Å². The van der Waals surface area contributed by atoms with Crippen molar-refractivity contribution in [1.29, 1.82) is 0 Å². The fraction of sp³-hybridized carbons (Fsp3) is 0.750. The Balaban J connectivity index is 1.13. The molecule has 2 saturated carbocycles. The summed E-state index contributed by atoms with van der Waals surface area (Å²) in [5.41, 5.74) is 0. The van der Waals surface area contributed by atoms with Crippen molar-refractivity contribution in [3.05, 3.63) is 12.2 Å². The zero-order valence-corrected chi connectivity index (χ0v) is 19.1. The Hall–Kier alpha value is -2.14. The molecule has 0 N–H and O–H groups in total. The molecule has 4 heterocycles. The normalized spacial score (nSPS) is 43.9. The highest BCUT2D eigenvalue weighted by Gasteiger charge is 2.75. The van der Waals surface area contributed by atoms with Gasteiger partial charge in [-0.05, 0) is 23.7 Å². The van der Waals surface area contributed by atoms with Gasteiger partial charge in [0.05, 0.1) is 63.4 Å². The molecular weight excluding hydrogens is 440 g/mol. The fourth-order valence-electron chi connectivity index (χ4n) is 7.89. The van der Waals surface area contributed by atoms with Gasteiger partial charge in [0.1, 0.15) is 0 Å². The lowest BCUT2D eigenvalue weighted by atomic mass is 9.40. The van der Waals surface area contributed by atoms with E-state index in [0.29, 0.717) is 65.9 Å². The van der Waals surface area contributed by atoms with E-state index in [9.17, 15) is 19.2 Å². The van der Waals surface area contributed by atoms with E-state index in [1.807, 2.05) is 0 Å². The number of ether oxygens (including phenoxy) is 2. The van der Waals surface area contributed by atoms with Crippen LogP contribution in [0.5, 0.6) is 0 Å². The average Bonchev–Trinajstić information content (AvgIpc) is 3.21. The zero-order valence-electron chi connectivity index (χ0n) is 19.1. The molecule has 0 spiro atoms. The Bertz CT molecular complexity index is 917. The van der Waals surface area contributed by atoms with Crippen molar-refractivity contribution in [3.63, 3.8) is 0 Å². The van der Waals surface area contributed by atoms with Gasteiger partial charge in [-0.1, -0.05) is 12.2 Å². The van der Waals surface area contributed by atoms with E-state index in [0.717, 1.165) is 0 Å². The van der Waals surface area contributed by atoms with E-state index in [-0.39, 0.29) is 59.1 Å². The first-order valence-electron chi connectivity index (χ1n) is 12.6. The number of likely N-dealkylation sites (tertiary alicyclic amines) is 2. The molecule has 0 aromatic rings. The zero-order chi connectivity index (χ0) is 23.1. The molecule has 4 saturated heterocycles. The van der Waals surface area contributed by atoms with Crippen molar-refractivity contribution in [3.8, 4) is 0 Å². The molecule has 182 valence electrons. The maximum atomic E-state index is 13.5. The highest BCUT2D eigenvalue weighted by atomic mass is 16.5. The molecule has 8 aliphatic rings. The van der Waals surface area contributed by atoms with Crippen LogP contribution in [0.3, 0.4) is 0 Å². The largest absolute Gasteiger partial charge is 0.379 e. The molecule has 4 amide bonds. The van der Waals surface area contributed by atoms with Gasteiger partial charge in [-0.25, -0.2) is 0 Å². The number of hydrogen-bond donors (Lipinski definition) is 0. The van der Waals surface area contributed by atoms with Crippen LogP contribution in [0.15, 0.2) is 12.2 Å². The Morgan fingerprint density at radius 3 is 1.32 bits per heavy atom. The number of rotatable bonds is 4. The van der Waals surface area contributed by atoms with E-state index in [1.165, 1.54) is 9.80 Å². The minimum absolute atomic E-state index is 0.0209. The highest BCUT2D eigenvalue weighted by Crippen LogP contribution is 2.68. The van der Waals surface area contributed by atoms with Crippen molar-refractivity contribution in [2.75, 3.05) is 65.9 Å². The van der Waals surface area contributed by atoms with E-state index in [1.54, 1.807) is 0 Å². The van der Waals surface area contributed by atoms with Crippen LogP contribution >= 0.6 is 0 Å². The first-order chi connectivity index (χ1) is 16.6. The molecule has 10 heteroatoms. The van der Waals surface area contributed by atoms with Crippen LogP contribution in [0, 0.1) is 47.3 Å². The number of imide groups is 2. The van der Waals surface area contributed by atoms with Crippen molar-refractivity contribution >= 4 is 23.6 Å². The second-order valence-corrected chi connectivity index (χ2v) is 10.8. The number of fused-ring (bicyclic) bond motifs is 1. The third-order valence-corrected chi connectivity index (χ3v) is 9.42. The monoisotopic (exact) mass is 470 g/mol. The number of carbonyl (C=O) groups is 4. The number of nitrogens with zero attached hydrogens (tertiary/aromatic N) is 4. The third-order valence-electron chi connectivity index (χ3n) is 9.42. The minimum Gasteiger partial charge on any atom is -0.379 e. The van der Waals surface area contributed by atoms with Crippen LogP contribution in [-0.2, 0) is 28.7 Å². The van der Waals surface area contributed by atoms with Crippen LogP contribution < -0.4 is 0 Å². The molecule has 0 radical (unpaired) electrons. The molecule has 8 atom stereocenters. The molecule has 6 fully saturated rings. The predicted molar refractivity (Wildman–Crippen MR) is 115 cm³/mol. The van der Waals surface area contributed by atoms with Crippen molar-refractivity contribution in [1.82, 2.24) is 19.6 Å². The molecule has 4 aliphatic heterocycles. The molecule has 10 nitrogen and oxygen atoms in total. The van der Waals surface area contributed by atoms with Gasteiger partial charge in [-0.15, -0.1) is 0 Å². The summed E-state index contributed by atoms with van der Waals surface area (Å²) >= 11 is 0. The second kappa shape index (κ2) is 7.68. The lowest BCUT2D eigenvalue weighted by Gasteiger charge is -2.60. The number of hydrogen-bond acceptors (Lipinski definition) is 8. The Morgan fingerprint density at radius 1 is 0.588 bits per heavy atom. The average molecular weight is 471 g/mol. The quantitative estimate of drug-likeness (QED) is 0.375. The first-order valence-corrected chi connectivity index (χ1v) is 12.6. The third kappa shape index (κ3) is 2.76. The SMILES string of the molecule is O=C1[C@@H]2[C@H](C(=O)N1CN1CCOCC1)[C@H]1[C@@H]3C=C[C@@H]([C@@H]4C(=O)N(CN5CCOCC5)C(=O)[C@@H]34)[C@@H]21. The lowest BCUT2D eigenvalue weighted by molar-refractivity contribution is -0.166. The first kappa shape index (κ1) is 21.2. The van der Waals surface area contributed by atoms with Gasteiger partial charge in [-0.2, -0.15) is 0 Å². The Labute approximate surface area is 197 Å². The molecule has 8 rings (SSSR count). The van der Waals surface area contributed by atoms with Crippen LogP contribution in [0.25, 0.3) is 0 Å². The second-order valence-electron chi connectivity index (χ2n) is 10.8. The van der Waals surface area contributed by atoms with Gasteiger partial charge in [-0.3, -0.25) is 38.8 Å². The van der Waals surface area contributed by atoms with E-state index in [2.05, 4.69) is 22.0 Å². The Kier molecular flexibility index (Phi) is 4.78. The molecule has 0 unspecified atom stereocenters. The smallest absolute Gasteiger partial charge is 0.234 e. The summed E-state index contributed by atoms with van der Waals surface area (Å²) in [6.07, 6.45) is 4.13. The standard InChI is InChI=1S/C24H30N4O6/c29-21-17-13-1-2-14(18(17)22(30)27(21)11-25-3-7-33-8-4-25)16-15(13)19-20(16)24(32)28(23(19)31)12-26-5-9-34-10-6-26/h1-2,13-20H,3-12H2/t13-,14+,15-,16+,17-,18-,19+,20-/m0/s1. The van der Waals surface area contributed by atoms with Gasteiger partial charge in [0, 0.05) is 26.2 Å². The summed E-state index contributed by atoms with van der Waals surface area (Å²) in [6, 6.07) is 0. The van der Waals surface area contributed by atoms with Crippen LogP contribution in [-0.4, -0.2) is 109 Å². The van der Waals surface area contributed by atoms with E-state index < -0.39 is 11.8 Å². The molecule has 0 aromatic heterocycles. The topological polar surface area (TPSA) is 99.7 Å². The number of carbonyl (C=O) groups excluding carboxylic acids is 4. The molecular formula is C24H30N4O6. The summed E-state index contributed by atoms with van der Waals surface area (Å²) < 4.78 is 10.8. The summed E-state index contributed by atoms with van der Waals surface area (Å²) in [5, 5.41) is 0. The van der Waals surface area contributed by atoms with E-state index in [4.69, 9.17) is 9.47 Å². The minimum atomic E-state index is -0.401. The van der Waals surface area contributed by atoms with Crippen LogP contribution in [0.4, 0.5) is 0 Å². The summed E-state index contributed by atoms with van der Waals surface area (Å²) in [6.45, 7) is 5.87. The number of allylic oxidation sites excluding steroid dienone is 2. The summed E-state index contributed by atoms with van der Waals surface area (Å²) in [5.74, 6) is -2.25. The van der Waals surface area contributed by atoms with Crippen LogP contribution in [0.1, 0.15) is 0 Å². The maximum Gasteiger partial charge on any atom is 0.234 e. The fourth-order valence-corrected chi connectivity index (χ4v) is 7.89. The van der Waals surface area contributed by atoms with Crippen molar-refractivity contribution in [2.45, 2.75) is 0 Å². The van der Waals surface area contributed by atoms with E-state index >= 15 is 0 Å².